The van der Waals surface area contributed by atoms with Gasteiger partial charge in [-0.2, -0.15) is 0 Å². The van der Waals surface area contributed by atoms with E-state index < -0.39 is 18.2 Å². The minimum Gasteiger partial charge on any atom is -0.481 e. The van der Waals surface area contributed by atoms with E-state index in [1.807, 2.05) is 0 Å². The van der Waals surface area contributed by atoms with Crippen LogP contribution in [0.2, 0.25) is 0 Å². The number of carbonyl (C=O) groups is 2. The van der Waals surface area contributed by atoms with Crippen LogP contribution in [0.5, 0.6) is 0 Å². The summed E-state index contributed by atoms with van der Waals surface area (Å²) in [6, 6.07) is 4.89. The summed E-state index contributed by atoms with van der Waals surface area (Å²) in [5.74, 6) is -1.62. The molecule has 0 amide bonds. The lowest BCUT2D eigenvalue weighted by Gasteiger charge is -1.98. The predicted molar refractivity (Wildman–Crippen MR) is 50.3 cm³/mol. The molecule has 0 bridgehead atoms. The standard InChI is InChI=1S/C10H11NO4/c1-2-15-11-6-4-3-5-8(11)9(12)7-10(13)14/h3-6H,2,7H2,1H3/p+1. The van der Waals surface area contributed by atoms with Gasteiger partial charge in [0.15, 0.2) is 6.61 Å². The van der Waals surface area contributed by atoms with Crippen LogP contribution in [0, 0.1) is 0 Å². The zero-order chi connectivity index (χ0) is 11.3. The summed E-state index contributed by atoms with van der Waals surface area (Å²) in [6.07, 6.45) is 1.04. The lowest BCUT2D eigenvalue weighted by atomic mass is 10.2. The molecule has 1 rings (SSSR count). The zero-order valence-corrected chi connectivity index (χ0v) is 8.34. The average Bonchev–Trinajstić information content (AvgIpc) is 2.18. The summed E-state index contributed by atoms with van der Waals surface area (Å²) in [5.41, 5.74) is 0.238. The molecule has 1 N–H and O–H groups in total. The van der Waals surface area contributed by atoms with Gasteiger partial charge >= 0.3 is 11.7 Å². The molecule has 1 aromatic heterocycles. The molecule has 0 saturated carbocycles. The number of hydrogen-bond donors (Lipinski definition) is 1. The summed E-state index contributed by atoms with van der Waals surface area (Å²) in [5, 5.41) is 8.50. The van der Waals surface area contributed by atoms with Crippen LogP contribution >= 0.6 is 0 Å². The fourth-order valence-corrected chi connectivity index (χ4v) is 1.12. The maximum absolute atomic E-state index is 11.5. The Kier molecular flexibility index (Phi) is 3.79. The van der Waals surface area contributed by atoms with Crippen LogP contribution in [-0.2, 0) is 4.79 Å². The van der Waals surface area contributed by atoms with Gasteiger partial charge < -0.3 is 5.11 Å². The van der Waals surface area contributed by atoms with Crippen LogP contribution < -0.4 is 9.57 Å². The molecule has 0 aliphatic rings. The number of nitrogens with zero attached hydrogens (tertiary/aromatic N) is 1. The van der Waals surface area contributed by atoms with Crippen molar-refractivity contribution in [1.29, 1.82) is 0 Å². The molecule has 0 fully saturated rings. The molecule has 0 aliphatic heterocycles. The number of pyridine rings is 1. The van der Waals surface area contributed by atoms with Crippen molar-refractivity contribution in [3.05, 3.63) is 30.1 Å². The Balaban J connectivity index is 2.91. The van der Waals surface area contributed by atoms with E-state index in [9.17, 15) is 9.59 Å². The van der Waals surface area contributed by atoms with E-state index in [2.05, 4.69) is 0 Å². The first-order valence-corrected chi connectivity index (χ1v) is 4.54. The van der Waals surface area contributed by atoms with Crippen molar-refractivity contribution in [2.24, 2.45) is 0 Å². The van der Waals surface area contributed by atoms with Crippen molar-refractivity contribution >= 4 is 11.8 Å². The van der Waals surface area contributed by atoms with E-state index in [1.165, 1.54) is 10.8 Å². The van der Waals surface area contributed by atoms with Crippen LogP contribution in [-0.4, -0.2) is 23.5 Å². The first-order chi connectivity index (χ1) is 7.15. The lowest BCUT2D eigenvalue weighted by Crippen LogP contribution is -2.47. The molecule has 0 saturated heterocycles. The first-order valence-electron chi connectivity index (χ1n) is 4.54. The molecule has 80 valence electrons. The Labute approximate surface area is 86.9 Å². The molecule has 0 unspecified atom stereocenters. The lowest BCUT2D eigenvalue weighted by molar-refractivity contribution is -0.891. The third-order valence-corrected chi connectivity index (χ3v) is 1.69. The van der Waals surface area contributed by atoms with Crippen molar-refractivity contribution in [2.45, 2.75) is 13.3 Å². The number of ketones is 1. The number of carboxylic acid groups (broad SMARTS) is 1. The van der Waals surface area contributed by atoms with Crippen LogP contribution in [0.4, 0.5) is 0 Å². The number of aromatic nitrogens is 1. The number of aliphatic carboxylic acids is 1. The molecule has 0 atom stereocenters. The summed E-state index contributed by atoms with van der Waals surface area (Å²) < 4.78 is 1.28. The number of hydrogen-bond acceptors (Lipinski definition) is 3. The molecule has 5 nitrogen and oxygen atoms in total. The Morgan fingerprint density at radius 2 is 2.20 bits per heavy atom. The summed E-state index contributed by atoms with van der Waals surface area (Å²) in [7, 11) is 0. The van der Waals surface area contributed by atoms with Gasteiger partial charge in [-0.25, -0.2) is 0 Å². The van der Waals surface area contributed by atoms with Gasteiger partial charge in [0.1, 0.15) is 6.42 Å². The number of rotatable bonds is 5. The van der Waals surface area contributed by atoms with E-state index in [4.69, 9.17) is 9.94 Å². The van der Waals surface area contributed by atoms with Gasteiger partial charge in [-0.1, -0.05) is 0 Å². The van der Waals surface area contributed by atoms with Gasteiger partial charge in [-0.05, 0) is 13.0 Å². The Hall–Kier alpha value is -1.91. The fraction of sp³-hybridized carbons (Fsp3) is 0.300. The predicted octanol–water partition coefficient (Wildman–Crippen LogP) is 0.0800. The van der Waals surface area contributed by atoms with Gasteiger partial charge in [-0.3, -0.25) is 14.4 Å². The molecule has 15 heavy (non-hydrogen) atoms. The Morgan fingerprint density at radius 3 is 2.80 bits per heavy atom. The van der Waals surface area contributed by atoms with Gasteiger partial charge in [0.2, 0.25) is 12.0 Å². The normalized spacial score (nSPS) is 9.67. The maximum Gasteiger partial charge on any atom is 0.311 e. The number of carbonyl (C=O) groups excluding carboxylic acids is 1. The van der Waals surface area contributed by atoms with E-state index in [-0.39, 0.29) is 5.69 Å². The second-order valence-corrected chi connectivity index (χ2v) is 2.82. The molecule has 1 aromatic rings. The quantitative estimate of drug-likeness (QED) is 0.424. The Morgan fingerprint density at radius 1 is 1.47 bits per heavy atom. The van der Waals surface area contributed by atoms with E-state index >= 15 is 0 Å². The summed E-state index contributed by atoms with van der Waals surface area (Å²) >= 11 is 0. The molecule has 0 aromatic carbocycles. The summed E-state index contributed by atoms with van der Waals surface area (Å²) in [6.45, 7) is 2.19. The highest BCUT2D eigenvalue weighted by Crippen LogP contribution is 1.96. The van der Waals surface area contributed by atoms with Gasteiger partial charge in [0, 0.05) is 16.9 Å². The van der Waals surface area contributed by atoms with Crippen molar-refractivity contribution in [2.75, 3.05) is 6.61 Å². The molecular weight excluding hydrogens is 198 g/mol. The Bertz CT molecular complexity index is 375. The van der Waals surface area contributed by atoms with E-state index in [1.54, 1.807) is 25.3 Å². The minimum absolute atomic E-state index is 0.238. The SMILES string of the molecule is CCO[n+]1ccccc1C(=O)CC(=O)O. The molecule has 0 radical (unpaired) electrons. The van der Waals surface area contributed by atoms with Gasteiger partial charge in [0.25, 0.3) is 0 Å². The van der Waals surface area contributed by atoms with Crippen LogP contribution in [0.25, 0.3) is 0 Å². The van der Waals surface area contributed by atoms with Crippen LogP contribution in [0.3, 0.4) is 0 Å². The van der Waals surface area contributed by atoms with Crippen molar-refractivity contribution in [3.8, 4) is 0 Å². The third kappa shape index (κ3) is 3.05. The number of carboxylic acids is 1. The molecular formula is C10H12NO4+. The first kappa shape index (κ1) is 11.2. The average molecular weight is 210 g/mol. The highest BCUT2D eigenvalue weighted by molar-refractivity contribution is 6.03. The van der Waals surface area contributed by atoms with Crippen molar-refractivity contribution in [3.63, 3.8) is 0 Å². The van der Waals surface area contributed by atoms with E-state index in [0.29, 0.717) is 6.61 Å². The van der Waals surface area contributed by atoms with Crippen molar-refractivity contribution in [1.82, 2.24) is 0 Å². The van der Waals surface area contributed by atoms with Crippen LogP contribution in [0.15, 0.2) is 24.4 Å². The smallest absolute Gasteiger partial charge is 0.311 e. The second-order valence-electron chi connectivity index (χ2n) is 2.82. The van der Waals surface area contributed by atoms with Gasteiger partial charge in [-0.15, -0.1) is 0 Å². The molecule has 1 heterocycles. The number of Topliss-reactive ketones (excluding diaryl/α,β-unsaturated/α-hetero) is 1. The van der Waals surface area contributed by atoms with Crippen molar-refractivity contribution < 1.29 is 24.3 Å². The second kappa shape index (κ2) is 5.09. The highest BCUT2D eigenvalue weighted by Gasteiger charge is 2.22. The van der Waals surface area contributed by atoms with Crippen LogP contribution in [0.1, 0.15) is 23.8 Å². The minimum atomic E-state index is -1.15. The summed E-state index contributed by atoms with van der Waals surface area (Å²) in [4.78, 5) is 27.0. The topological polar surface area (TPSA) is 67.5 Å². The highest BCUT2D eigenvalue weighted by atomic mass is 16.7. The monoisotopic (exact) mass is 210 g/mol. The zero-order valence-electron chi connectivity index (χ0n) is 8.34. The maximum atomic E-state index is 11.5. The molecule has 5 heteroatoms. The van der Waals surface area contributed by atoms with Gasteiger partial charge in [0.05, 0.1) is 0 Å². The molecule has 0 spiro atoms. The molecule has 0 aliphatic carbocycles. The van der Waals surface area contributed by atoms with E-state index in [0.717, 1.165) is 0 Å². The largest absolute Gasteiger partial charge is 0.481 e. The third-order valence-electron chi connectivity index (χ3n) is 1.69. The fourth-order valence-electron chi connectivity index (χ4n) is 1.12.